The Morgan fingerprint density at radius 2 is 1.77 bits per heavy atom. The Morgan fingerprint density at radius 3 is 2.35 bits per heavy atom. The van der Waals surface area contributed by atoms with Gasteiger partial charge in [0.05, 0.1) is 4.90 Å². The van der Waals surface area contributed by atoms with Gasteiger partial charge < -0.3 is 15.5 Å². The van der Waals surface area contributed by atoms with Crippen molar-refractivity contribution in [2.24, 2.45) is 4.99 Å². The number of hydrogen-bond donors (Lipinski definition) is 2. The van der Waals surface area contributed by atoms with Crippen molar-refractivity contribution in [1.82, 2.24) is 19.8 Å². The van der Waals surface area contributed by atoms with Crippen molar-refractivity contribution in [3.63, 3.8) is 0 Å². The minimum atomic E-state index is -3.50. The number of piperazine rings is 1. The summed E-state index contributed by atoms with van der Waals surface area (Å²) in [4.78, 5) is 6.71. The van der Waals surface area contributed by atoms with Gasteiger partial charge in [-0.15, -0.1) is 0 Å². The van der Waals surface area contributed by atoms with Crippen LogP contribution in [0.2, 0.25) is 0 Å². The number of likely N-dealkylation sites (N-methyl/N-ethyl adjacent to an activating group) is 1. The number of nitrogens with one attached hydrogen (secondary N) is 2. The molecule has 0 saturated carbocycles. The van der Waals surface area contributed by atoms with Crippen LogP contribution in [0.25, 0.3) is 0 Å². The lowest BCUT2D eigenvalue weighted by Crippen LogP contribution is -2.48. The van der Waals surface area contributed by atoms with Gasteiger partial charge in [0.25, 0.3) is 0 Å². The summed E-state index contributed by atoms with van der Waals surface area (Å²) in [7, 11) is 0.212. The van der Waals surface area contributed by atoms with Crippen LogP contribution in [0.1, 0.15) is 26.3 Å². The molecule has 0 aliphatic carbocycles. The molecule has 0 unspecified atom stereocenters. The Morgan fingerprint density at radius 1 is 1.15 bits per heavy atom. The maximum absolute atomic E-state index is 13.1. The molecular weight excluding hydrogens is 350 g/mol. The van der Waals surface area contributed by atoms with Crippen LogP contribution in [0, 0.1) is 0 Å². The molecular formula is C18H31N5O2S. The fourth-order valence-electron chi connectivity index (χ4n) is 2.78. The normalized spacial score (nSPS) is 18.0. The van der Waals surface area contributed by atoms with Crippen molar-refractivity contribution in [2.75, 3.05) is 40.3 Å². The first-order valence-electron chi connectivity index (χ1n) is 8.89. The highest BCUT2D eigenvalue weighted by Gasteiger charge is 2.29. The van der Waals surface area contributed by atoms with Gasteiger partial charge in [-0.05, 0) is 39.4 Å². The Hall–Kier alpha value is -1.64. The predicted molar refractivity (Wildman–Crippen MR) is 106 cm³/mol. The fraction of sp³-hybridized carbons (Fsp3) is 0.611. The number of guanidine groups is 1. The monoisotopic (exact) mass is 381 g/mol. The molecule has 1 aromatic rings. The van der Waals surface area contributed by atoms with E-state index in [1.807, 2.05) is 40.0 Å². The molecule has 0 radical (unpaired) electrons. The highest BCUT2D eigenvalue weighted by atomic mass is 32.2. The molecule has 8 heteroatoms. The second kappa shape index (κ2) is 8.37. The Bertz CT molecular complexity index is 732. The summed E-state index contributed by atoms with van der Waals surface area (Å²) in [6.45, 7) is 9.08. The number of benzene rings is 1. The van der Waals surface area contributed by atoms with Gasteiger partial charge in [0, 0.05) is 45.3 Å². The van der Waals surface area contributed by atoms with E-state index < -0.39 is 10.0 Å². The van der Waals surface area contributed by atoms with Crippen LogP contribution in [-0.4, -0.2) is 69.4 Å². The van der Waals surface area contributed by atoms with Crippen LogP contribution in [0.5, 0.6) is 0 Å². The average molecular weight is 382 g/mol. The summed E-state index contributed by atoms with van der Waals surface area (Å²) in [5.74, 6) is 0.643. The van der Waals surface area contributed by atoms with Crippen LogP contribution in [-0.2, 0) is 16.6 Å². The summed E-state index contributed by atoms with van der Waals surface area (Å²) >= 11 is 0. The van der Waals surface area contributed by atoms with Crippen molar-refractivity contribution in [1.29, 1.82) is 0 Å². The molecule has 1 aliphatic heterocycles. The SMILES string of the molecule is CN=C(NCc1ccccc1S(=O)(=O)N1CCN(C)CC1)NC(C)(C)C. The number of rotatable bonds is 4. The van der Waals surface area contributed by atoms with Crippen LogP contribution < -0.4 is 10.6 Å². The quantitative estimate of drug-likeness (QED) is 0.603. The highest BCUT2D eigenvalue weighted by molar-refractivity contribution is 7.89. The Balaban J connectivity index is 2.17. The third-order valence-electron chi connectivity index (χ3n) is 4.22. The van der Waals surface area contributed by atoms with E-state index in [0.717, 1.165) is 18.7 Å². The van der Waals surface area contributed by atoms with Crippen molar-refractivity contribution in [2.45, 2.75) is 37.8 Å². The maximum Gasteiger partial charge on any atom is 0.243 e. The van der Waals surface area contributed by atoms with Crippen LogP contribution in [0.15, 0.2) is 34.2 Å². The van der Waals surface area contributed by atoms with Gasteiger partial charge in [-0.2, -0.15) is 4.31 Å². The highest BCUT2D eigenvalue weighted by Crippen LogP contribution is 2.21. The molecule has 0 atom stereocenters. The van der Waals surface area contributed by atoms with E-state index in [4.69, 9.17) is 0 Å². The molecule has 26 heavy (non-hydrogen) atoms. The number of sulfonamides is 1. The molecule has 2 rings (SSSR count). The number of aliphatic imine (C=N–C) groups is 1. The molecule has 7 nitrogen and oxygen atoms in total. The lowest BCUT2D eigenvalue weighted by molar-refractivity contribution is 0.222. The summed E-state index contributed by atoms with van der Waals surface area (Å²) in [5.41, 5.74) is 0.607. The molecule has 1 heterocycles. The molecule has 1 aliphatic rings. The third kappa shape index (κ3) is 5.43. The lowest BCUT2D eigenvalue weighted by atomic mass is 10.1. The van der Waals surface area contributed by atoms with Crippen molar-refractivity contribution >= 4 is 16.0 Å². The van der Waals surface area contributed by atoms with Gasteiger partial charge in [0.1, 0.15) is 0 Å². The molecule has 2 N–H and O–H groups in total. The van der Waals surface area contributed by atoms with E-state index in [-0.39, 0.29) is 5.54 Å². The molecule has 1 saturated heterocycles. The van der Waals surface area contributed by atoms with Gasteiger partial charge in [-0.25, -0.2) is 8.42 Å². The maximum atomic E-state index is 13.1. The Labute approximate surface area is 157 Å². The summed E-state index contributed by atoms with van der Waals surface area (Å²) in [6, 6.07) is 7.17. The van der Waals surface area contributed by atoms with Gasteiger partial charge in [0.2, 0.25) is 10.0 Å². The van der Waals surface area contributed by atoms with Crippen LogP contribution in [0.3, 0.4) is 0 Å². The predicted octanol–water partition coefficient (Wildman–Crippen LogP) is 1.09. The fourth-order valence-corrected chi connectivity index (χ4v) is 4.43. The topological polar surface area (TPSA) is 77.0 Å². The first-order chi connectivity index (χ1) is 12.1. The van der Waals surface area contributed by atoms with Gasteiger partial charge in [-0.3, -0.25) is 4.99 Å². The minimum absolute atomic E-state index is 0.132. The van der Waals surface area contributed by atoms with Gasteiger partial charge in [0.15, 0.2) is 5.96 Å². The number of hydrogen-bond acceptors (Lipinski definition) is 4. The van der Waals surface area contributed by atoms with Gasteiger partial charge in [-0.1, -0.05) is 18.2 Å². The molecule has 146 valence electrons. The Kier molecular flexibility index (Phi) is 6.65. The molecule has 1 aromatic carbocycles. The molecule has 0 aromatic heterocycles. The summed E-state index contributed by atoms with van der Waals surface area (Å²) in [5, 5.41) is 6.49. The van der Waals surface area contributed by atoms with Crippen molar-refractivity contribution < 1.29 is 8.42 Å². The van der Waals surface area contributed by atoms with E-state index in [0.29, 0.717) is 30.5 Å². The van der Waals surface area contributed by atoms with E-state index in [2.05, 4.69) is 20.5 Å². The average Bonchev–Trinajstić information content (AvgIpc) is 2.58. The number of nitrogens with zero attached hydrogens (tertiary/aromatic N) is 3. The molecule has 0 spiro atoms. The second-order valence-electron chi connectivity index (χ2n) is 7.62. The largest absolute Gasteiger partial charge is 0.352 e. The van der Waals surface area contributed by atoms with Crippen LogP contribution >= 0.6 is 0 Å². The van der Waals surface area contributed by atoms with Gasteiger partial charge >= 0.3 is 0 Å². The summed E-state index contributed by atoms with van der Waals surface area (Å²) in [6.07, 6.45) is 0. The van der Waals surface area contributed by atoms with E-state index in [1.165, 1.54) is 0 Å². The van der Waals surface area contributed by atoms with E-state index >= 15 is 0 Å². The second-order valence-corrected chi connectivity index (χ2v) is 9.52. The zero-order chi connectivity index (χ0) is 19.4. The van der Waals surface area contributed by atoms with Crippen molar-refractivity contribution in [3.8, 4) is 0 Å². The zero-order valence-electron chi connectivity index (χ0n) is 16.4. The standard InChI is InChI=1S/C18H31N5O2S/c1-18(2,3)21-17(19-4)20-14-15-8-6-7-9-16(15)26(24,25)23-12-10-22(5)11-13-23/h6-9H,10-14H2,1-5H3,(H2,19,20,21). The van der Waals surface area contributed by atoms with Crippen molar-refractivity contribution in [3.05, 3.63) is 29.8 Å². The minimum Gasteiger partial charge on any atom is -0.352 e. The zero-order valence-corrected chi connectivity index (χ0v) is 17.2. The van der Waals surface area contributed by atoms with E-state index in [1.54, 1.807) is 23.5 Å². The van der Waals surface area contributed by atoms with E-state index in [9.17, 15) is 8.42 Å². The molecule has 0 amide bonds. The smallest absolute Gasteiger partial charge is 0.243 e. The van der Waals surface area contributed by atoms with Crippen LogP contribution in [0.4, 0.5) is 0 Å². The lowest BCUT2D eigenvalue weighted by Gasteiger charge is -2.32. The molecule has 1 fully saturated rings. The third-order valence-corrected chi connectivity index (χ3v) is 6.22. The summed E-state index contributed by atoms with van der Waals surface area (Å²) < 4.78 is 27.8. The first-order valence-corrected chi connectivity index (χ1v) is 10.3. The first kappa shape index (κ1) is 20.7. The molecule has 0 bridgehead atoms.